The van der Waals surface area contributed by atoms with Crippen LogP contribution in [0.15, 0.2) is 72.8 Å². The summed E-state index contributed by atoms with van der Waals surface area (Å²) >= 11 is 0. The van der Waals surface area contributed by atoms with Gasteiger partial charge < -0.3 is 0 Å². The zero-order valence-electron chi connectivity index (χ0n) is 32.5. The molecule has 271 valence electrons. The third kappa shape index (κ3) is 16.6. The number of hydrogen-bond donors (Lipinski definition) is 0. The topological polar surface area (TPSA) is 0 Å². The highest BCUT2D eigenvalue weighted by Gasteiger charge is 2.26. The summed E-state index contributed by atoms with van der Waals surface area (Å²) in [5.41, 5.74) is 4.85. The molecule has 49 heavy (non-hydrogen) atoms. The molecule has 0 fully saturated rings. The van der Waals surface area contributed by atoms with E-state index in [9.17, 15) is 0 Å². The molecular formula is C48H75Si. The first-order valence-corrected chi connectivity index (χ1v) is 22.9. The Kier molecular flexibility index (Phi) is 23.2. The number of unbranched alkanes of at least 4 members (excludes halogenated alkanes) is 21. The maximum atomic E-state index is 2.52. The first kappa shape index (κ1) is 41.3. The van der Waals surface area contributed by atoms with E-state index in [1.807, 2.05) is 0 Å². The van der Waals surface area contributed by atoms with E-state index in [4.69, 9.17) is 0 Å². The van der Waals surface area contributed by atoms with Crippen LogP contribution in [0.25, 0.3) is 0 Å². The Morgan fingerprint density at radius 3 is 0.776 bits per heavy atom. The van der Waals surface area contributed by atoms with Gasteiger partial charge in [-0.3, -0.25) is 0 Å². The van der Waals surface area contributed by atoms with Crippen LogP contribution >= 0.6 is 0 Å². The lowest BCUT2D eigenvalue weighted by molar-refractivity contribution is 0.575. The van der Waals surface area contributed by atoms with Crippen molar-refractivity contribution < 1.29 is 0 Å². The maximum Gasteiger partial charge on any atom is 0.155 e. The van der Waals surface area contributed by atoms with E-state index in [1.54, 1.807) is 32.3 Å². The molecule has 1 radical (unpaired) electrons. The van der Waals surface area contributed by atoms with Gasteiger partial charge in [0, 0.05) is 0 Å². The van der Waals surface area contributed by atoms with E-state index in [2.05, 4.69) is 93.6 Å². The van der Waals surface area contributed by atoms with Gasteiger partial charge in [-0.1, -0.05) is 228 Å². The maximum absolute atomic E-state index is 2.52. The molecule has 0 saturated heterocycles. The molecule has 3 aromatic carbocycles. The molecule has 0 aromatic heterocycles. The Hall–Kier alpha value is -2.12. The van der Waals surface area contributed by atoms with Gasteiger partial charge in [0.1, 0.15) is 0 Å². The average molecular weight is 680 g/mol. The summed E-state index contributed by atoms with van der Waals surface area (Å²) in [6, 6.07) is 28.9. The zero-order valence-corrected chi connectivity index (χ0v) is 33.5. The van der Waals surface area contributed by atoms with Crippen molar-refractivity contribution >= 4 is 24.4 Å². The van der Waals surface area contributed by atoms with Crippen LogP contribution < -0.4 is 15.6 Å². The number of aryl methyl sites for hydroxylation is 3. The van der Waals surface area contributed by atoms with Crippen LogP contribution in [0.2, 0.25) is 0 Å². The lowest BCUT2D eigenvalue weighted by Gasteiger charge is -2.25. The van der Waals surface area contributed by atoms with Gasteiger partial charge in [-0.2, -0.15) is 0 Å². The summed E-state index contributed by atoms with van der Waals surface area (Å²) in [4.78, 5) is 0. The fourth-order valence-electron chi connectivity index (χ4n) is 7.73. The minimum Gasteiger partial charge on any atom is -0.0654 e. The van der Waals surface area contributed by atoms with E-state index in [0.717, 1.165) is 0 Å². The van der Waals surface area contributed by atoms with Gasteiger partial charge in [0.05, 0.1) is 0 Å². The monoisotopic (exact) mass is 680 g/mol. The second-order valence-electron chi connectivity index (χ2n) is 15.0. The molecule has 0 bridgehead atoms. The van der Waals surface area contributed by atoms with Crippen LogP contribution in [-0.4, -0.2) is 8.80 Å². The Bertz CT molecular complexity index is 1060. The molecule has 0 aliphatic rings. The molecule has 0 heterocycles. The summed E-state index contributed by atoms with van der Waals surface area (Å²) in [7, 11) is -1.14. The second kappa shape index (κ2) is 27.6. The highest BCUT2D eigenvalue weighted by atomic mass is 28.3. The predicted octanol–water partition coefficient (Wildman–Crippen LogP) is 13.3. The average Bonchev–Trinajstić information content (AvgIpc) is 3.13. The van der Waals surface area contributed by atoms with E-state index in [-0.39, 0.29) is 0 Å². The quantitative estimate of drug-likeness (QED) is 0.0374. The number of rotatable bonds is 30. The minimum absolute atomic E-state index is 1.14. The third-order valence-electron chi connectivity index (χ3n) is 10.8. The molecule has 0 unspecified atom stereocenters. The van der Waals surface area contributed by atoms with Gasteiger partial charge in [0.25, 0.3) is 0 Å². The first-order chi connectivity index (χ1) is 24.3. The summed E-state index contributed by atoms with van der Waals surface area (Å²) in [6.45, 7) is 6.95. The molecule has 0 aliphatic heterocycles. The normalized spacial score (nSPS) is 11.5. The number of hydrogen-bond acceptors (Lipinski definition) is 0. The summed E-state index contributed by atoms with van der Waals surface area (Å²) < 4.78 is 0. The predicted molar refractivity (Wildman–Crippen MR) is 223 cm³/mol. The fraction of sp³-hybridized carbons (Fsp3) is 0.625. The van der Waals surface area contributed by atoms with Crippen molar-refractivity contribution in [2.45, 2.75) is 194 Å². The van der Waals surface area contributed by atoms with Crippen molar-refractivity contribution in [2.24, 2.45) is 0 Å². The third-order valence-corrected chi connectivity index (χ3v) is 13.8. The van der Waals surface area contributed by atoms with Crippen LogP contribution in [0.1, 0.15) is 192 Å². The Morgan fingerprint density at radius 2 is 0.510 bits per heavy atom. The Morgan fingerprint density at radius 1 is 0.286 bits per heavy atom. The van der Waals surface area contributed by atoms with E-state index in [0.29, 0.717) is 0 Å². The van der Waals surface area contributed by atoms with Crippen LogP contribution in [0, 0.1) is 0 Å². The van der Waals surface area contributed by atoms with Crippen molar-refractivity contribution in [2.75, 3.05) is 0 Å². The molecule has 0 nitrogen and oxygen atoms in total. The largest absolute Gasteiger partial charge is 0.155 e. The van der Waals surface area contributed by atoms with Gasteiger partial charge in [-0.05, 0) is 70.8 Å². The molecule has 1 heteroatoms. The summed E-state index contributed by atoms with van der Waals surface area (Å²) in [6.07, 6.45) is 36.9. The molecule has 0 atom stereocenters. The van der Waals surface area contributed by atoms with Crippen molar-refractivity contribution in [1.82, 2.24) is 0 Å². The van der Waals surface area contributed by atoms with Gasteiger partial charge in [-0.15, -0.1) is 0 Å². The first-order valence-electron chi connectivity index (χ1n) is 21.4. The molecule has 0 spiro atoms. The minimum atomic E-state index is -1.14. The summed E-state index contributed by atoms with van der Waals surface area (Å²) in [5, 5.41) is 4.96. The highest BCUT2D eigenvalue weighted by molar-refractivity contribution is 6.96. The van der Waals surface area contributed by atoms with Crippen molar-refractivity contribution in [3.8, 4) is 0 Å². The van der Waals surface area contributed by atoms with Crippen molar-refractivity contribution in [1.29, 1.82) is 0 Å². The Balaban J connectivity index is 1.80. The van der Waals surface area contributed by atoms with Gasteiger partial charge >= 0.3 is 0 Å². The molecule has 0 saturated carbocycles. The van der Waals surface area contributed by atoms with Crippen LogP contribution in [0.4, 0.5) is 0 Å². The molecule has 3 rings (SSSR count). The van der Waals surface area contributed by atoms with Crippen molar-refractivity contribution in [3.63, 3.8) is 0 Å². The zero-order chi connectivity index (χ0) is 34.6. The van der Waals surface area contributed by atoms with Crippen LogP contribution in [-0.2, 0) is 19.3 Å². The summed E-state index contributed by atoms with van der Waals surface area (Å²) in [5.74, 6) is 0. The van der Waals surface area contributed by atoms with Gasteiger partial charge in [0.2, 0.25) is 0 Å². The lowest BCUT2D eigenvalue weighted by Crippen LogP contribution is -2.55. The highest BCUT2D eigenvalue weighted by Crippen LogP contribution is 2.16. The van der Waals surface area contributed by atoms with E-state index in [1.165, 1.54) is 173 Å². The smallest absolute Gasteiger partial charge is 0.0654 e. The molecular weight excluding hydrogens is 605 g/mol. The van der Waals surface area contributed by atoms with Gasteiger partial charge in [-0.25, -0.2) is 0 Å². The van der Waals surface area contributed by atoms with Gasteiger partial charge in [0.15, 0.2) is 8.80 Å². The van der Waals surface area contributed by atoms with E-state index < -0.39 is 8.80 Å². The SMILES string of the molecule is CCCCCCCCCCc1ccccc1[Si](c1ccccc1CCCCCCCCCC)c1ccccc1CCCCCCCCCC. The second-order valence-corrected chi connectivity index (χ2v) is 17.4. The number of benzene rings is 3. The molecule has 0 aliphatic carbocycles. The fourth-order valence-corrected chi connectivity index (χ4v) is 11.0. The Labute approximate surface area is 306 Å². The standard InChI is InChI=1S/C48H75Si/c1-4-7-10-13-16-19-22-25-34-43-37-28-31-40-46(43)49(47-41-32-29-38-44(47)35-26-23-20-17-14-11-8-5-2)48-42-33-30-39-45(48)36-27-24-21-18-15-12-9-6-3/h28-33,37-42H,4-27,34-36H2,1-3H3. The van der Waals surface area contributed by atoms with E-state index >= 15 is 0 Å². The molecule has 0 amide bonds. The van der Waals surface area contributed by atoms with Crippen molar-refractivity contribution in [3.05, 3.63) is 89.5 Å². The van der Waals surface area contributed by atoms with Crippen LogP contribution in [0.5, 0.6) is 0 Å². The lowest BCUT2D eigenvalue weighted by atomic mass is 10.0. The molecule has 3 aromatic rings. The van der Waals surface area contributed by atoms with Crippen LogP contribution in [0.3, 0.4) is 0 Å². The molecule has 0 N–H and O–H groups in total.